The molecule has 0 spiro atoms. The number of ether oxygens (including phenoxy) is 1. The molecule has 1 atom stereocenters. The fourth-order valence-electron chi connectivity index (χ4n) is 4.63. The van der Waals surface area contributed by atoms with Crippen molar-refractivity contribution >= 4 is 5.97 Å². The maximum atomic E-state index is 13.1. The zero-order valence-electron chi connectivity index (χ0n) is 19.9. The van der Waals surface area contributed by atoms with Gasteiger partial charge in [0.05, 0.1) is 12.5 Å². The third-order valence-corrected chi connectivity index (χ3v) is 6.21. The lowest BCUT2D eigenvalue weighted by atomic mass is 9.84. The van der Waals surface area contributed by atoms with Gasteiger partial charge in [-0.05, 0) is 50.7 Å². The highest BCUT2D eigenvalue weighted by molar-refractivity contribution is 5.79. The summed E-state index contributed by atoms with van der Waals surface area (Å²) in [6.07, 6.45) is 4.27. The predicted octanol–water partition coefficient (Wildman–Crippen LogP) is 4.26. The summed E-state index contributed by atoms with van der Waals surface area (Å²) in [6, 6.07) is 16.6. The smallest absolute Gasteiger partial charge is 0.345 e. The molecule has 7 nitrogen and oxygen atoms in total. The third kappa shape index (κ3) is 5.35. The van der Waals surface area contributed by atoms with Crippen molar-refractivity contribution < 1.29 is 9.53 Å². The van der Waals surface area contributed by atoms with Crippen LogP contribution in [0.2, 0.25) is 0 Å². The van der Waals surface area contributed by atoms with E-state index in [1.165, 1.54) is 0 Å². The average molecular weight is 462 g/mol. The van der Waals surface area contributed by atoms with Gasteiger partial charge in [-0.25, -0.2) is 9.89 Å². The van der Waals surface area contributed by atoms with Crippen LogP contribution in [0, 0.1) is 5.92 Å². The third-order valence-electron chi connectivity index (χ3n) is 6.21. The number of aromatic amines is 1. The van der Waals surface area contributed by atoms with Crippen LogP contribution in [-0.4, -0.2) is 26.3 Å². The van der Waals surface area contributed by atoms with Crippen LogP contribution in [-0.2, 0) is 16.1 Å². The van der Waals surface area contributed by atoms with E-state index < -0.39 is 16.9 Å². The van der Waals surface area contributed by atoms with E-state index in [2.05, 4.69) is 10.2 Å². The molecule has 1 aliphatic carbocycles. The van der Waals surface area contributed by atoms with Crippen molar-refractivity contribution in [1.82, 2.24) is 14.8 Å². The Morgan fingerprint density at radius 1 is 1.06 bits per heavy atom. The number of carbonyl (C=O) groups excluding carboxylic acids is 1. The minimum atomic E-state index is -0.564. The molecule has 34 heavy (non-hydrogen) atoms. The van der Waals surface area contributed by atoms with Gasteiger partial charge in [0, 0.05) is 5.56 Å². The monoisotopic (exact) mass is 461 g/mol. The number of carbonyl (C=O) groups is 1. The molecule has 0 bridgehead atoms. The molecule has 1 unspecified atom stereocenters. The number of esters is 1. The largest absolute Gasteiger partial charge is 0.459 e. The topological polar surface area (TPSA) is 94.1 Å². The highest BCUT2D eigenvalue weighted by Gasteiger charge is 2.35. The summed E-state index contributed by atoms with van der Waals surface area (Å²) >= 11 is 0. The number of H-pyrrole nitrogens is 1. The number of rotatable bonds is 6. The van der Waals surface area contributed by atoms with Crippen LogP contribution in [0.25, 0.3) is 11.3 Å². The van der Waals surface area contributed by atoms with E-state index in [4.69, 9.17) is 4.74 Å². The van der Waals surface area contributed by atoms with Crippen LogP contribution in [0.4, 0.5) is 0 Å². The normalized spacial score (nSPS) is 15.3. The molecule has 0 saturated heterocycles. The number of nitrogens with one attached hydrogen (secondary N) is 1. The van der Waals surface area contributed by atoms with Gasteiger partial charge in [0.2, 0.25) is 0 Å². The maximum absolute atomic E-state index is 13.1. The second-order valence-corrected chi connectivity index (χ2v) is 9.93. The van der Waals surface area contributed by atoms with Crippen molar-refractivity contribution in [3.8, 4) is 11.3 Å². The van der Waals surface area contributed by atoms with Crippen LogP contribution in [0.15, 0.2) is 64.2 Å². The zero-order chi connectivity index (χ0) is 24.3. The number of nitrogens with zero attached hydrogens (tertiary/aromatic N) is 2. The molecule has 1 N–H and O–H groups in total. The molecule has 178 valence electrons. The molecule has 1 saturated carbocycles. The van der Waals surface area contributed by atoms with Crippen molar-refractivity contribution in [3.05, 3.63) is 86.6 Å². The minimum Gasteiger partial charge on any atom is -0.459 e. The SMILES string of the molecule is CC(C)(C)OC(=O)C(c1ccc(Cn2c(=O)[nH]nc(-c3ccccc3)c2=O)cc1)C1CCCC1. The molecular weight excluding hydrogens is 430 g/mol. The van der Waals surface area contributed by atoms with E-state index in [0.29, 0.717) is 5.56 Å². The summed E-state index contributed by atoms with van der Waals surface area (Å²) in [6.45, 7) is 5.76. The first-order valence-corrected chi connectivity index (χ1v) is 11.8. The number of hydrogen-bond donors (Lipinski definition) is 1. The Kier molecular flexibility index (Phi) is 6.82. The molecule has 3 aromatic rings. The first-order chi connectivity index (χ1) is 16.2. The van der Waals surface area contributed by atoms with Gasteiger partial charge in [0.25, 0.3) is 5.56 Å². The Labute approximate surface area is 198 Å². The lowest BCUT2D eigenvalue weighted by Gasteiger charge is -2.27. The quantitative estimate of drug-likeness (QED) is 0.554. The minimum absolute atomic E-state index is 0.108. The molecular formula is C27H31N3O4. The Morgan fingerprint density at radius 3 is 2.32 bits per heavy atom. The van der Waals surface area contributed by atoms with Crippen LogP contribution in [0.1, 0.15) is 63.5 Å². The molecule has 1 aliphatic rings. The van der Waals surface area contributed by atoms with E-state index in [9.17, 15) is 14.4 Å². The van der Waals surface area contributed by atoms with Gasteiger partial charge < -0.3 is 4.74 Å². The standard InChI is InChI=1S/C27H31N3O4/c1-27(2,3)34-25(32)22(19-9-7-8-10-19)20-15-13-18(14-16-20)17-30-24(31)23(28-29-26(30)33)21-11-5-4-6-12-21/h4-6,11-16,19,22H,7-10,17H2,1-3H3,(H,29,33). The van der Waals surface area contributed by atoms with E-state index in [-0.39, 0.29) is 30.0 Å². The van der Waals surface area contributed by atoms with Crippen molar-refractivity contribution in [2.45, 2.75) is 64.5 Å². The lowest BCUT2D eigenvalue weighted by molar-refractivity contribution is -0.158. The summed E-state index contributed by atoms with van der Waals surface area (Å²) in [5.41, 5.74) is 0.978. The molecule has 7 heteroatoms. The van der Waals surface area contributed by atoms with Crippen molar-refractivity contribution in [2.75, 3.05) is 0 Å². The lowest BCUT2D eigenvalue weighted by Crippen LogP contribution is -2.37. The molecule has 0 aliphatic heterocycles. The molecule has 2 aromatic carbocycles. The van der Waals surface area contributed by atoms with Crippen LogP contribution < -0.4 is 11.2 Å². The number of benzene rings is 2. The van der Waals surface area contributed by atoms with Gasteiger partial charge >= 0.3 is 11.7 Å². The van der Waals surface area contributed by atoms with Crippen LogP contribution in [0.3, 0.4) is 0 Å². The summed E-state index contributed by atoms with van der Waals surface area (Å²) in [5, 5.41) is 6.39. The predicted molar refractivity (Wildman–Crippen MR) is 131 cm³/mol. The summed E-state index contributed by atoms with van der Waals surface area (Å²) < 4.78 is 6.89. The molecule has 1 heterocycles. The van der Waals surface area contributed by atoms with Crippen LogP contribution in [0.5, 0.6) is 0 Å². The van der Waals surface area contributed by atoms with Gasteiger partial charge in [-0.3, -0.25) is 14.2 Å². The fraction of sp³-hybridized carbons (Fsp3) is 0.407. The second-order valence-electron chi connectivity index (χ2n) is 9.93. The summed E-state index contributed by atoms with van der Waals surface area (Å²) in [4.78, 5) is 38.4. The highest BCUT2D eigenvalue weighted by atomic mass is 16.6. The molecule has 0 radical (unpaired) electrons. The first kappa shape index (κ1) is 23.7. The Balaban J connectivity index is 1.61. The number of aromatic nitrogens is 3. The molecule has 4 rings (SSSR count). The fourth-order valence-corrected chi connectivity index (χ4v) is 4.63. The average Bonchev–Trinajstić information content (AvgIpc) is 3.31. The summed E-state index contributed by atoms with van der Waals surface area (Å²) in [7, 11) is 0. The van der Waals surface area contributed by atoms with Crippen LogP contribution >= 0.6 is 0 Å². The van der Waals surface area contributed by atoms with Gasteiger partial charge in [0.1, 0.15) is 5.60 Å². The van der Waals surface area contributed by atoms with E-state index >= 15 is 0 Å². The Bertz CT molecular complexity index is 1250. The van der Waals surface area contributed by atoms with Gasteiger partial charge in [-0.1, -0.05) is 67.4 Å². The van der Waals surface area contributed by atoms with E-state index in [0.717, 1.165) is 41.4 Å². The highest BCUT2D eigenvalue weighted by Crippen LogP contribution is 2.39. The van der Waals surface area contributed by atoms with E-state index in [1.54, 1.807) is 12.1 Å². The summed E-state index contributed by atoms with van der Waals surface area (Å²) in [5.74, 6) is -0.242. The first-order valence-electron chi connectivity index (χ1n) is 11.8. The maximum Gasteiger partial charge on any atom is 0.345 e. The van der Waals surface area contributed by atoms with Crippen molar-refractivity contribution in [3.63, 3.8) is 0 Å². The molecule has 1 aromatic heterocycles. The van der Waals surface area contributed by atoms with Gasteiger partial charge in [0.15, 0.2) is 5.69 Å². The molecule has 1 fully saturated rings. The Morgan fingerprint density at radius 2 is 1.71 bits per heavy atom. The van der Waals surface area contributed by atoms with Crippen molar-refractivity contribution in [2.24, 2.45) is 5.92 Å². The number of hydrogen-bond acceptors (Lipinski definition) is 5. The van der Waals surface area contributed by atoms with Crippen molar-refractivity contribution in [1.29, 1.82) is 0 Å². The zero-order valence-corrected chi connectivity index (χ0v) is 19.9. The Hall–Kier alpha value is -3.48. The second kappa shape index (κ2) is 9.79. The van der Waals surface area contributed by atoms with Gasteiger partial charge in [-0.2, -0.15) is 5.10 Å². The molecule has 0 amide bonds. The van der Waals surface area contributed by atoms with E-state index in [1.807, 2.05) is 63.2 Å². The van der Waals surface area contributed by atoms with Gasteiger partial charge in [-0.15, -0.1) is 0 Å².